The molecule has 0 radical (unpaired) electrons. The molecule has 4 heteroatoms. The summed E-state index contributed by atoms with van der Waals surface area (Å²) < 4.78 is 0. The summed E-state index contributed by atoms with van der Waals surface area (Å²) in [6.45, 7) is 1.34. The third-order valence-corrected chi connectivity index (χ3v) is 3.77. The fourth-order valence-corrected chi connectivity index (χ4v) is 2.66. The van der Waals surface area contributed by atoms with E-state index in [1.165, 1.54) is 25.7 Å². The third-order valence-electron chi connectivity index (χ3n) is 3.77. The molecule has 1 aliphatic carbocycles. The van der Waals surface area contributed by atoms with E-state index >= 15 is 0 Å². The topological polar surface area (TPSA) is 58.4 Å². The second kappa shape index (κ2) is 6.57. The molecule has 0 heterocycles. The minimum atomic E-state index is -0.0407. The smallest absolute Gasteiger partial charge is 0.321 e. The average Bonchev–Trinajstić information content (AvgIpc) is 2.91. The molecule has 0 unspecified atom stereocenters. The van der Waals surface area contributed by atoms with Crippen molar-refractivity contribution < 1.29 is 4.79 Å². The fraction of sp³-hybridized carbons (Fsp3) is 0.533. The number of amides is 2. The zero-order chi connectivity index (χ0) is 13.7. The van der Waals surface area contributed by atoms with Crippen LogP contribution < -0.4 is 11.1 Å². The number of nitrogens with one attached hydrogen (secondary N) is 1. The lowest BCUT2D eigenvalue weighted by molar-refractivity contribution is 0.214. The Morgan fingerprint density at radius 1 is 1.42 bits per heavy atom. The number of benzene rings is 1. The molecule has 1 fully saturated rings. The third kappa shape index (κ3) is 3.96. The molecule has 0 bridgehead atoms. The lowest BCUT2D eigenvalue weighted by atomic mass is 10.1. The zero-order valence-electron chi connectivity index (χ0n) is 11.6. The van der Waals surface area contributed by atoms with Gasteiger partial charge in [0.2, 0.25) is 0 Å². The predicted molar refractivity (Wildman–Crippen MR) is 77.9 cm³/mol. The Bertz CT molecular complexity index is 427. The molecule has 1 saturated carbocycles. The molecule has 4 nitrogen and oxygen atoms in total. The van der Waals surface area contributed by atoms with Gasteiger partial charge in [0.25, 0.3) is 0 Å². The molecule has 0 aliphatic heterocycles. The molecule has 1 aromatic carbocycles. The molecule has 2 rings (SSSR count). The van der Waals surface area contributed by atoms with E-state index in [1.54, 1.807) is 4.90 Å². The van der Waals surface area contributed by atoms with Crippen molar-refractivity contribution in [3.8, 4) is 0 Å². The van der Waals surface area contributed by atoms with Gasteiger partial charge in [-0.2, -0.15) is 0 Å². The number of anilines is 1. The Labute approximate surface area is 115 Å². The van der Waals surface area contributed by atoms with Crippen molar-refractivity contribution in [2.24, 2.45) is 11.7 Å². The summed E-state index contributed by atoms with van der Waals surface area (Å²) >= 11 is 0. The SMILES string of the molecule is CN(CC1CCCC1)C(=O)Nc1cccc(CN)c1. The van der Waals surface area contributed by atoms with E-state index in [9.17, 15) is 4.79 Å². The number of urea groups is 1. The Hall–Kier alpha value is -1.55. The number of hydrogen-bond donors (Lipinski definition) is 2. The van der Waals surface area contributed by atoms with Crippen LogP contribution in [0.1, 0.15) is 31.2 Å². The molecule has 2 amide bonds. The first kappa shape index (κ1) is 13.9. The van der Waals surface area contributed by atoms with Gasteiger partial charge in [-0.1, -0.05) is 25.0 Å². The van der Waals surface area contributed by atoms with Gasteiger partial charge in [0.1, 0.15) is 0 Å². The van der Waals surface area contributed by atoms with Crippen molar-refractivity contribution in [2.75, 3.05) is 18.9 Å². The maximum absolute atomic E-state index is 12.1. The molecule has 3 N–H and O–H groups in total. The Morgan fingerprint density at radius 3 is 2.84 bits per heavy atom. The summed E-state index contributed by atoms with van der Waals surface area (Å²) in [4.78, 5) is 13.9. The Kier molecular flexibility index (Phi) is 4.80. The van der Waals surface area contributed by atoms with Gasteiger partial charge in [-0.3, -0.25) is 0 Å². The number of rotatable bonds is 4. The molecule has 0 spiro atoms. The summed E-state index contributed by atoms with van der Waals surface area (Å²) in [7, 11) is 1.86. The molecule has 104 valence electrons. The first-order valence-corrected chi connectivity index (χ1v) is 7.00. The highest BCUT2D eigenvalue weighted by atomic mass is 16.2. The average molecular weight is 261 g/mol. The van der Waals surface area contributed by atoms with Gasteiger partial charge in [-0.15, -0.1) is 0 Å². The van der Waals surface area contributed by atoms with E-state index in [0.717, 1.165) is 17.8 Å². The molecule has 1 aliphatic rings. The summed E-state index contributed by atoms with van der Waals surface area (Å²) in [5.41, 5.74) is 7.43. The largest absolute Gasteiger partial charge is 0.327 e. The Balaban J connectivity index is 1.88. The highest BCUT2D eigenvalue weighted by Crippen LogP contribution is 2.25. The number of nitrogens with two attached hydrogens (primary N) is 1. The lowest BCUT2D eigenvalue weighted by Crippen LogP contribution is -2.34. The summed E-state index contributed by atoms with van der Waals surface area (Å²) in [6.07, 6.45) is 5.11. The van der Waals surface area contributed by atoms with Gasteiger partial charge in [0.05, 0.1) is 0 Å². The summed E-state index contributed by atoms with van der Waals surface area (Å²) in [5.74, 6) is 0.672. The first-order chi connectivity index (χ1) is 9.19. The maximum Gasteiger partial charge on any atom is 0.321 e. The fourth-order valence-electron chi connectivity index (χ4n) is 2.66. The van der Waals surface area contributed by atoms with Gasteiger partial charge < -0.3 is 16.0 Å². The monoisotopic (exact) mass is 261 g/mol. The van der Waals surface area contributed by atoms with Crippen LogP contribution in [0.2, 0.25) is 0 Å². The van der Waals surface area contributed by atoms with Crippen molar-refractivity contribution in [1.82, 2.24) is 4.90 Å². The lowest BCUT2D eigenvalue weighted by Gasteiger charge is -2.21. The van der Waals surface area contributed by atoms with Crippen LogP contribution >= 0.6 is 0 Å². The van der Waals surface area contributed by atoms with E-state index in [-0.39, 0.29) is 6.03 Å². The molecule has 0 atom stereocenters. The molecule has 0 saturated heterocycles. The minimum Gasteiger partial charge on any atom is -0.327 e. The highest BCUT2D eigenvalue weighted by Gasteiger charge is 2.19. The van der Waals surface area contributed by atoms with E-state index < -0.39 is 0 Å². The quantitative estimate of drug-likeness (QED) is 0.875. The van der Waals surface area contributed by atoms with Crippen LogP contribution in [0.4, 0.5) is 10.5 Å². The standard InChI is InChI=1S/C15H23N3O/c1-18(11-12-5-2-3-6-12)15(19)17-14-8-4-7-13(9-14)10-16/h4,7-9,12H,2-3,5-6,10-11,16H2,1H3,(H,17,19). The summed E-state index contributed by atoms with van der Waals surface area (Å²) in [6, 6.07) is 7.63. The predicted octanol–water partition coefficient (Wildman–Crippen LogP) is 2.80. The zero-order valence-corrected chi connectivity index (χ0v) is 11.6. The maximum atomic E-state index is 12.1. The van der Waals surface area contributed by atoms with Crippen molar-refractivity contribution in [3.63, 3.8) is 0 Å². The number of nitrogens with zero attached hydrogens (tertiary/aromatic N) is 1. The van der Waals surface area contributed by atoms with Crippen LogP contribution in [0.3, 0.4) is 0 Å². The van der Waals surface area contributed by atoms with E-state index in [1.807, 2.05) is 31.3 Å². The van der Waals surface area contributed by atoms with E-state index in [2.05, 4.69) is 5.32 Å². The van der Waals surface area contributed by atoms with Gasteiger partial charge in [-0.25, -0.2) is 4.79 Å². The minimum absolute atomic E-state index is 0.0407. The van der Waals surface area contributed by atoms with Gasteiger partial charge in [-0.05, 0) is 36.5 Å². The second-order valence-electron chi connectivity index (χ2n) is 5.37. The van der Waals surface area contributed by atoms with Crippen molar-refractivity contribution >= 4 is 11.7 Å². The van der Waals surface area contributed by atoms with Crippen molar-refractivity contribution in [3.05, 3.63) is 29.8 Å². The normalized spacial score (nSPS) is 15.5. The van der Waals surface area contributed by atoms with Gasteiger partial charge >= 0.3 is 6.03 Å². The van der Waals surface area contributed by atoms with Crippen LogP contribution in [0, 0.1) is 5.92 Å². The number of carbonyl (C=O) groups excluding carboxylic acids is 1. The molecular weight excluding hydrogens is 238 g/mol. The molecule has 0 aromatic heterocycles. The second-order valence-corrected chi connectivity index (χ2v) is 5.37. The highest BCUT2D eigenvalue weighted by molar-refractivity contribution is 5.89. The van der Waals surface area contributed by atoms with E-state index in [0.29, 0.717) is 12.5 Å². The van der Waals surface area contributed by atoms with Crippen LogP contribution in [0.25, 0.3) is 0 Å². The van der Waals surface area contributed by atoms with Crippen LogP contribution in [-0.2, 0) is 6.54 Å². The van der Waals surface area contributed by atoms with Crippen molar-refractivity contribution in [2.45, 2.75) is 32.2 Å². The van der Waals surface area contributed by atoms with E-state index in [4.69, 9.17) is 5.73 Å². The van der Waals surface area contributed by atoms with Crippen molar-refractivity contribution in [1.29, 1.82) is 0 Å². The summed E-state index contributed by atoms with van der Waals surface area (Å²) in [5, 5.41) is 2.92. The van der Waals surface area contributed by atoms with Gasteiger partial charge in [0.15, 0.2) is 0 Å². The Morgan fingerprint density at radius 2 is 2.16 bits per heavy atom. The number of carbonyl (C=O) groups is 1. The van der Waals surface area contributed by atoms with Gasteiger partial charge in [0, 0.05) is 25.8 Å². The van der Waals surface area contributed by atoms with Crippen LogP contribution in [-0.4, -0.2) is 24.5 Å². The molecular formula is C15H23N3O. The van der Waals surface area contributed by atoms with Crippen LogP contribution in [0.15, 0.2) is 24.3 Å². The molecule has 19 heavy (non-hydrogen) atoms. The van der Waals surface area contributed by atoms with Crippen LogP contribution in [0.5, 0.6) is 0 Å². The molecule has 1 aromatic rings. The number of hydrogen-bond acceptors (Lipinski definition) is 2. The first-order valence-electron chi connectivity index (χ1n) is 7.00.